The lowest BCUT2D eigenvalue weighted by Gasteiger charge is -2.01. The normalized spacial score (nSPS) is 8.64. The topological polar surface area (TPSA) is 606 Å². The summed E-state index contributed by atoms with van der Waals surface area (Å²) in [4.78, 5) is 28.4. The maximum absolute atomic E-state index is 4.24. The van der Waals surface area contributed by atoms with Gasteiger partial charge in [0.25, 0.3) is 0 Å². The van der Waals surface area contributed by atoms with Gasteiger partial charge in [-0.3, -0.25) is 19.9 Å². The van der Waals surface area contributed by atoms with Gasteiger partial charge in [-0.25, -0.2) is 15.0 Å². The van der Waals surface area contributed by atoms with Crippen LogP contribution in [0.1, 0.15) is 305 Å². The van der Waals surface area contributed by atoms with Crippen molar-refractivity contribution in [1.82, 2.24) is 239 Å². The highest BCUT2D eigenvalue weighted by Gasteiger charge is 2.11. The highest BCUT2D eigenvalue weighted by atomic mass is 15.4. The molecule has 0 radical (unpaired) electrons. The van der Waals surface area contributed by atoms with Crippen LogP contribution in [0.4, 0.5) is 0 Å². The number of nitrogens with zero attached hydrogens (tertiary/aromatic N) is 47. The van der Waals surface area contributed by atoms with Crippen molar-refractivity contribution in [2.45, 2.75) is 316 Å². The summed E-state index contributed by atoms with van der Waals surface area (Å²) in [7, 11) is 0. The lowest BCUT2D eigenvalue weighted by molar-refractivity contribution is 0.737. The van der Waals surface area contributed by atoms with Gasteiger partial charge in [-0.05, 0) is 88.1 Å². The van der Waals surface area contributed by atoms with E-state index in [1.807, 2.05) is 153 Å². The van der Waals surface area contributed by atoms with Crippen molar-refractivity contribution in [1.29, 1.82) is 0 Å². The quantitative estimate of drug-likeness (QED) is 0.0770. The molecule has 147 heavy (non-hydrogen) atoms. The fourth-order valence-electron chi connectivity index (χ4n) is 8.78. The molecule has 0 aliphatic carbocycles. The molecule has 0 spiro atoms. The number of benzene rings is 2. The van der Waals surface area contributed by atoms with Crippen molar-refractivity contribution in [3.63, 3.8) is 0 Å². The molecule has 0 amide bonds. The van der Waals surface area contributed by atoms with E-state index in [1.165, 1.54) is 17.5 Å². The predicted molar refractivity (Wildman–Crippen MR) is 591 cm³/mol. The molecular formula is C100H171N47. The van der Waals surface area contributed by atoms with E-state index in [0.717, 1.165) is 81.8 Å². The van der Waals surface area contributed by atoms with E-state index in [-0.39, 0.29) is 149 Å². The molecular weight excluding hydrogens is 1860 g/mol. The van der Waals surface area contributed by atoms with Crippen molar-refractivity contribution in [3.8, 4) is 80.5 Å². The van der Waals surface area contributed by atoms with Gasteiger partial charge >= 0.3 is 0 Å². The molecule has 0 bridgehead atoms. The number of hydrogen-bond donors (Lipinski definition) is 0. The number of aryl methyl sites for hydroxylation is 14. The first kappa shape index (κ1) is 158. The van der Waals surface area contributed by atoms with E-state index >= 15 is 0 Å². The van der Waals surface area contributed by atoms with Gasteiger partial charge < -0.3 is 0 Å². The van der Waals surface area contributed by atoms with Crippen molar-refractivity contribution in [2.24, 2.45) is 0 Å². The Labute approximate surface area is 877 Å². The molecule has 0 atom stereocenters. The van der Waals surface area contributed by atoms with Crippen LogP contribution in [0, 0.1) is 27.7 Å². The third-order valence-electron chi connectivity index (χ3n) is 15.6. The molecule has 0 aliphatic rings. The van der Waals surface area contributed by atoms with E-state index in [0.29, 0.717) is 139 Å². The van der Waals surface area contributed by atoms with Crippen LogP contribution in [0.2, 0.25) is 0 Å². The fraction of sp³-hybridized carbons (Fsp3) is 0.450. The number of rotatable bonds is 18. The third kappa shape index (κ3) is 58.0. The van der Waals surface area contributed by atoms with Crippen LogP contribution >= 0.6 is 0 Å². The van der Waals surface area contributed by atoms with Crippen molar-refractivity contribution < 1.29 is 0 Å². The lowest BCUT2D eigenvalue weighted by atomic mass is 10.1. The number of pyridine rings is 3. The molecule has 0 fully saturated rings. The molecule has 17 rings (SSSR count). The minimum absolute atomic E-state index is 0. The van der Waals surface area contributed by atoms with Gasteiger partial charge in [-0.1, -0.05) is 297 Å². The first-order chi connectivity index (χ1) is 62.2. The van der Waals surface area contributed by atoms with E-state index in [2.05, 4.69) is 265 Å². The van der Waals surface area contributed by atoms with Crippen LogP contribution in [-0.4, -0.2) is 239 Å². The zero-order chi connectivity index (χ0) is 90.3. The molecule has 0 saturated heterocycles. The van der Waals surface area contributed by atoms with Crippen molar-refractivity contribution >= 4 is 0 Å². The first-order valence-electron chi connectivity index (χ1n) is 40.1. The molecule has 15 aromatic heterocycles. The summed E-state index contributed by atoms with van der Waals surface area (Å²) in [5.41, 5.74) is 7.08. The summed E-state index contributed by atoms with van der Waals surface area (Å²) in [6.45, 7) is 27.0. The second kappa shape index (κ2) is 91.9. The second-order valence-electron chi connectivity index (χ2n) is 25.1. The van der Waals surface area contributed by atoms with E-state index < -0.39 is 0 Å². The molecule has 47 heteroatoms. The Bertz CT molecular complexity index is 5240. The molecule has 0 saturated carbocycles. The Morgan fingerprint density at radius 3 is 0.735 bits per heavy atom. The smallest absolute Gasteiger partial charge is 0.240 e. The number of aromatic nitrogens is 47. The summed E-state index contributed by atoms with van der Waals surface area (Å²) < 4.78 is 0. The van der Waals surface area contributed by atoms with Crippen LogP contribution in [0.5, 0.6) is 0 Å². The second-order valence-corrected chi connectivity index (χ2v) is 25.1. The van der Waals surface area contributed by atoms with Gasteiger partial charge in [-0.2, -0.15) is 0 Å². The maximum atomic E-state index is 4.24. The largest absolute Gasteiger partial charge is 0.261 e. The van der Waals surface area contributed by atoms with Gasteiger partial charge in [0.2, 0.25) is 46.6 Å². The van der Waals surface area contributed by atoms with Crippen molar-refractivity contribution in [2.75, 3.05) is 0 Å². The Morgan fingerprint density at radius 1 is 0.177 bits per heavy atom. The standard InChI is InChI=1S/C12H14N4.C10H11N5.C10H10N4.2C9H9N5.2C8H8N6.2C5H8N4.C4H6N4.20CH4/c1-3-4-10-5-7-11(8-6-10)12-15-13-9(2)14-16-12;1-3-8-4-5-9(11-6-8)10-14-12-7(2)13-15-10;1-2-9-11-13-10(14-12-9)8-6-4-3-5-7-8;2*1-2-8-11-13-9(14-12-8)7-5-3-4-6-10-7;1-2-7-11-13-8(14-12-7)6-5-9-3-4-10-6;1-2-6-11-13-8(14-12-6)7-9-4-3-5-10-7;2*1-3-5-8-6-4(2)7-9-5;1-2-4-7-5-3-6-8-4;;;;;;;;;;;;;;;;;;;;/h5-8H,3-4H2,1-2H3;4-6H,3H2,1-2H3;3-7H,2H2,1H3;2*3-6H,2H2,1H3;2*3-5H,2H2,1H3;2*3H2,1-2H3;3H,2H2,1H3;20*1H4. The zero-order valence-electron chi connectivity index (χ0n) is 72.4. The Morgan fingerprint density at radius 2 is 0.442 bits per heavy atom. The summed E-state index contributed by atoms with van der Waals surface area (Å²) in [5, 5.41) is 154. The average molecular weight is 2030 g/mol. The van der Waals surface area contributed by atoms with E-state index in [9.17, 15) is 0 Å². The highest BCUT2D eigenvalue weighted by Crippen LogP contribution is 2.17. The molecule has 0 aliphatic heterocycles. The third-order valence-corrected chi connectivity index (χ3v) is 15.6. The minimum Gasteiger partial charge on any atom is -0.261 e. The van der Waals surface area contributed by atoms with Gasteiger partial charge in [-0.15, -0.1) is 204 Å². The van der Waals surface area contributed by atoms with Gasteiger partial charge in [0.1, 0.15) is 22.8 Å². The summed E-state index contributed by atoms with van der Waals surface area (Å²) in [6, 6.07) is 34.6. The summed E-state index contributed by atoms with van der Waals surface area (Å²) >= 11 is 0. The molecule has 47 nitrogen and oxygen atoms in total. The minimum atomic E-state index is 0. The van der Waals surface area contributed by atoms with Gasteiger partial charge in [0.15, 0.2) is 76.2 Å². The van der Waals surface area contributed by atoms with Crippen LogP contribution in [0.15, 0.2) is 165 Å². The first-order valence-corrected chi connectivity index (χ1v) is 40.1. The molecule has 0 N–H and O–H groups in total. The van der Waals surface area contributed by atoms with Crippen molar-refractivity contribution in [3.05, 3.63) is 246 Å². The van der Waals surface area contributed by atoms with Crippen LogP contribution in [0.3, 0.4) is 0 Å². The molecule has 0 unspecified atom stereocenters. The van der Waals surface area contributed by atoms with Gasteiger partial charge in [0, 0.05) is 106 Å². The predicted octanol–water partition coefficient (Wildman–Crippen LogP) is 20.1. The van der Waals surface area contributed by atoms with Crippen LogP contribution in [0.25, 0.3) is 80.5 Å². The molecule has 17 aromatic rings. The maximum Gasteiger partial charge on any atom is 0.240 e. The Balaban J connectivity index is -0.000000122. The van der Waals surface area contributed by atoms with Crippen LogP contribution in [-0.2, 0) is 64.2 Å². The molecule has 2 aromatic carbocycles. The molecule has 15 heterocycles. The van der Waals surface area contributed by atoms with Crippen LogP contribution < -0.4 is 0 Å². The van der Waals surface area contributed by atoms with E-state index in [1.54, 1.807) is 77.1 Å². The number of hydrogen-bond acceptors (Lipinski definition) is 47. The zero-order valence-corrected chi connectivity index (χ0v) is 72.4. The average Bonchev–Trinajstić information content (AvgIpc) is 0.850. The SMILES string of the molecule is C.C.C.C.C.C.C.C.C.C.C.C.C.C.C.C.C.C.C.C.CCCc1ccc(-c2nnc(C)nn2)cc1.CCc1ccc(-c2nnc(C)nn2)nc1.CCc1nnc(-c2ccccc2)nn1.CCc1nnc(-c2ccccn2)nn1.CCc1nnc(-c2ccccn2)nn1.CCc1nnc(-c2cnccn2)nn1.CCc1nnc(-c2ncccn2)nn1.CCc1nnc(C)nn1.CCc1nnc(C)nn1.CCc1nncnn1. The highest BCUT2D eigenvalue weighted by molar-refractivity contribution is 5.55. The monoisotopic (exact) mass is 2030 g/mol. The Kier molecular flexibility index (Phi) is 99.1. The Hall–Kier alpha value is -16.5. The lowest BCUT2D eigenvalue weighted by Crippen LogP contribution is -2.03. The summed E-state index contributed by atoms with van der Waals surface area (Å²) in [5.74, 6) is 11.4. The van der Waals surface area contributed by atoms with Gasteiger partial charge in [0.05, 0.1) is 6.20 Å². The molecule has 806 valence electrons. The fourth-order valence-corrected chi connectivity index (χ4v) is 8.78. The van der Waals surface area contributed by atoms with E-state index in [4.69, 9.17) is 0 Å². The summed E-state index contributed by atoms with van der Waals surface area (Å²) in [6.07, 6.45) is 23.8.